The van der Waals surface area contributed by atoms with E-state index in [0.29, 0.717) is 0 Å². The summed E-state index contributed by atoms with van der Waals surface area (Å²) in [4.78, 5) is 19.2. The van der Waals surface area contributed by atoms with Gasteiger partial charge in [-0.15, -0.1) is 24.8 Å². The standard InChI is InChI=1S/C4H5FO4.2ClH/c5-2(4(8)9)1-3(6)7;;/h2H,1H2,(H,6,7)(H,8,9);2*1H. The van der Waals surface area contributed by atoms with Gasteiger partial charge in [-0.3, -0.25) is 4.79 Å². The molecular weight excluding hydrogens is 202 g/mol. The molecule has 2 N–H and O–H groups in total. The maximum absolute atomic E-state index is 11.8. The summed E-state index contributed by atoms with van der Waals surface area (Å²) in [6, 6.07) is 0. The Labute approximate surface area is 74.2 Å². The predicted octanol–water partition coefficient (Wildman–Crippen LogP) is 0.727. The van der Waals surface area contributed by atoms with E-state index < -0.39 is 24.5 Å². The highest BCUT2D eigenvalue weighted by atomic mass is 35.5. The average Bonchev–Trinajstić information content (AvgIpc) is 1.63. The largest absolute Gasteiger partial charge is 0.481 e. The van der Waals surface area contributed by atoms with E-state index in [0.717, 1.165) is 0 Å². The van der Waals surface area contributed by atoms with Crippen LogP contribution >= 0.6 is 24.8 Å². The van der Waals surface area contributed by atoms with Crippen LogP contribution in [0.15, 0.2) is 0 Å². The molecule has 1 unspecified atom stereocenters. The number of hydrogen-bond donors (Lipinski definition) is 2. The Balaban J connectivity index is -0.000000320. The van der Waals surface area contributed by atoms with E-state index in [-0.39, 0.29) is 24.8 Å². The minimum atomic E-state index is -2.29. The van der Waals surface area contributed by atoms with Crippen LogP contribution in [0.4, 0.5) is 4.39 Å². The van der Waals surface area contributed by atoms with Crippen molar-refractivity contribution in [2.45, 2.75) is 12.6 Å². The number of carbonyl (C=O) groups is 2. The first-order valence-corrected chi connectivity index (χ1v) is 2.12. The summed E-state index contributed by atoms with van der Waals surface area (Å²) in [6.07, 6.45) is -3.27. The SMILES string of the molecule is Cl.Cl.O=C(O)CC(F)C(=O)O. The van der Waals surface area contributed by atoms with Crippen LogP contribution in [0.1, 0.15) is 6.42 Å². The van der Waals surface area contributed by atoms with E-state index in [1.165, 1.54) is 0 Å². The maximum Gasteiger partial charge on any atom is 0.338 e. The van der Waals surface area contributed by atoms with Crippen molar-refractivity contribution < 1.29 is 24.2 Å². The van der Waals surface area contributed by atoms with E-state index in [1.54, 1.807) is 0 Å². The predicted molar refractivity (Wildman–Crippen MR) is 39.3 cm³/mol. The number of hydrogen-bond acceptors (Lipinski definition) is 2. The summed E-state index contributed by atoms with van der Waals surface area (Å²) in [6.45, 7) is 0. The second kappa shape index (κ2) is 7.56. The smallest absolute Gasteiger partial charge is 0.338 e. The number of carboxylic acids is 2. The first kappa shape index (κ1) is 16.8. The topological polar surface area (TPSA) is 74.6 Å². The van der Waals surface area contributed by atoms with Gasteiger partial charge >= 0.3 is 11.9 Å². The van der Waals surface area contributed by atoms with E-state index >= 15 is 0 Å². The van der Waals surface area contributed by atoms with Gasteiger partial charge < -0.3 is 10.2 Å². The van der Waals surface area contributed by atoms with Gasteiger partial charge in [0.25, 0.3) is 0 Å². The fourth-order valence-corrected chi connectivity index (χ4v) is 0.241. The Morgan fingerprint density at radius 1 is 1.27 bits per heavy atom. The summed E-state index contributed by atoms with van der Waals surface area (Å²) in [5.74, 6) is -3.19. The molecule has 68 valence electrons. The number of aliphatic carboxylic acids is 2. The summed E-state index contributed by atoms with van der Waals surface area (Å²) in [5, 5.41) is 15.6. The Bertz CT molecular complexity index is 140. The molecule has 0 amide bonds. The lowest BCUT2D eigenvalue weighted by molar-refractivity contribution is -0.149. The van der Waals surface area contributed by atoms with Gasteiger partial charge in [0, 0.05) is 0 Å². The van der Waals surface area contributed by atoms with Crippen LogP contribution in [0.5, 0.6) is 0 Å². The molecule has 4 nitrogen and oxygen atoms in total. The summed E-state index contributed by atoms with van der Waals surface area (Å²) in [5.41, 5.74) is 0. The molecule has 0 heterocycles. The molecule has 7 heteroatoms. The van der Waals surface area contributed by atoms with Gasteiger partial charge in [0.05, 0.1) is 6.42 Å². The van der Waals surface area contributed by atoms with Crippen molar-refractivity contribution in [3.05, 3.63) is 0 Å². The zero-order chi connectivity index (χ0) is 7.44. The zero-order valence-electron chi connectivity index (χ0n) is 5.19. The Morgan fingerprint density at radius 2 is 1.64 bits per heavy atom. The van der Waals surface area contributed by atoms with Crippen molar-refractivity contribution in [3.8, 4) is 0 Å². The van der Waals surface area contributed by atoms with Gasteiger partial charge in [-0.25, -0.2) is 9.18 Å². The van der Waals surface area contributed by atoms with Crippen molar-refractivity contribution in [2.75, 3.05) is 0 Å². The van der Waals surface area contributed by atoms with E-state index in [2.05, 4.69) is 0 Å². The quantitative estimate of drug-likeness (QED) is 0.718. The third-order valence-electron chi connectivity index (χ3n) is 0.622. The lowest BCUT2D eigenvalue weighted by atomic mass is 10.3. The number of halogens is 3. The lowest BCUT2D eigenvalue weighted by Crippen LogP contribution is -2.18. The van der Waals surface area contributed by atoms with Crippen LogP contribution in [0.3, 0.4) is 0 Å². The number of rotatable bonds is 3. The molecule has 0 fully saturated rings. The molecule has 11 heavy (non-hydrogen) atoms. The van der Waals surface area contributed by atoms with Gasteiger partial charge in [0.1, 0.15) is 0 Å². The van der Waals surface area contributed by atoms with E-state index in [4.69, 9.17) is 10.2 Å². The fourth-order valence-electron chi connectivity index (χ4n) is 0.241. The molecule has 0 rings (SSSR count). The third-order valence-corrected chi connectivity index (χ3v) is 0.622. The minimum absolute atomic E-state index is 0. The monoisotopic (exact) mass is 208 g/mol. The van der Waals surface area contributed by atoms with Gasteiger partial charge in [-0.2, -0.15) is 0 Å². The second-order valence-corrected chi connectivity index (χ2v) is 1.40. The first-order valence-electron chi connectivity index (χ1n) is 2.12. The zero-order valence-corrected chi connectivity index (χ0v) is 6.82. The molecule has 0 radical (unpaired) electrons. The van der Waals surface area contributed by atoms with Crippen molar-refractivity contribution in [1.82, 2.24) is 0 Å². The number of carboxylic acid groups (broad SMARTS) is 2. The molecule has 0 aliphatic carbocycles. The first-order chi connectivity index (χ1) is 4.04. The molecule has 0 spiro atoms. The summed E-state index contributed by atoms with van der Waals surface area (Å²) < 4.78 is 11.8. The van der Waals surface area contributed by atoms with Crippen molar-refractivity contribution in [3.63, 3.8) is 0 Å². The van der Waals surface area contributed by atoms with Gasteiger partial charge in [-0.05, 0) is 0 Å². The van der Waals surface area contributed by atoms with Gasteiger partial charge in [0.2, 0.25) is 6.17 Å². The van der Waals surface area contributed by atoms with Crippen LogP contribution in [0.25, 0.3) is 0 Å². The summed E-state index contributed by atoms with van der Waals surface area (Å²) >= 11 is 0. The van der Waals surface area contributed by atoms with Crippen molar-refractivity contribution in [1.29, 1.82) is 0 Å². The molecule has 0 aromatic heterocycles. The normalized spacial score (nSPS) is 10.3. The molecule has 0 aromatic carbocycles. The van der Waals surface area contributed by atoms with Crippen LogP contribution < -0.4 is 0 Å². The van der Waals surface area contributed by atoms with Crippen LogP contribution in [-0.2, 0) is 9.59 Å². The lowest BCUT2D eigenvalue weighted by Gasteiger charge is -1.94. The molecule has 1 atom stereocenters. The van der Waals surface area contributed by atoms with Crippen molar-refractivity contribution >= 4 is 36.8 Å². The maximum atomic E-state index is 11.8. The van der Waals surface area contributed by atoms with Crippen LogP contribution in [-0.4, -0.2) is 28.3 Å². The Kier molecular flexibility index (Phi) is 11.5. The molecule has 0 bridgehead atoms. The van der Waals surface area contributed by atoms with Crippen LogP contribution in [0, 0.1) is 0 Å². The van der Waals surface area contributed by atoms with Crippen LogP contribution in [0.2, 0.25) is 0 Å². The van der Waals surface area contributed by atoms with E-state index in [9.17, 15) is 14.0 Å². The molecule has 0 aliphatic rings. The Morgan fingerprint density at radius 3 is 1.73 bits per heavy atom. The minimum Gasteiger partial charge on any atom is -0.481 e. The molecule has 0 aromatic rings. The number of alkyl halides is 1. The second-order valence-electron chi connectivity index (χ2n) is 1.40. The molecule has 0 saturated heterocycles. The van der Waals surface area contributed by atoms with Gasteiger partial charge in [-0.1, -0.05) is 0 Å². The summed E-state index contributed by atoms with van der Waals surface area (Å²) in [7, 11) is 0. The highest BCUT2D eigenvalue weighted by Crippen LogP contribution is 1.96. The van der Waals surface area contributed by atoms with E-state index in [1.807, 2.05) is 0 Å². The average molecular weight is 209 g/mol. The highest BCUT2D eigenvalue weighted by Gasteiger charge is 2.18. The molecule has 0 aliphatic heterocycles. The molecule has 0 saturated carbocycles. The molecular formula is C4H7Cl2FO4. The fraction of sp³-hybridized carbons (Fsp3) is 0.500. The van der Waals surface area contributed by atoms with Gasteiger partial charge in [0.15, 0.2) is 0 Å². The third kappa shape index (κ3) is 9.45. The van der Waals surface area contributed by atoms with Crippen molar-refractivity contribution in [2.24, 2.45) is 0 Å². The Hall–Kier alpha value is -0.550. The highest BCUT2D eigenvalue weighted by molar-refractivity contribution is 5.85.